The molecule has 1 fully saturated rings. The maximum Gasteiger partial charge on any atom is 0.0945 e. The zero-order chi connectivity index (χ0) is 18.2. The summed E-state index contributed by atoms with van der Waals surface area (Å²) >= 11 is 4.48. The highest BCUT2D eigenvalue weighted by molar-refractivity contribution is 8.19. The summed E-state index contributed by atoms with van der Waals surface area (Å²) in [5.74, 6) is 1.30. The van der Waals surface area contributed by atoms with E-state index in [2.05, 4.69) is 77.4 Å². The van der Waals surface area contributed by atoms with E-state index in [9.17, 15) is 0 Å². The lowest BCUT2D eigenvalue weighted by molar-refractivity contribution is 0.581. The van der Waals surface area contributed by atoms with Crippen LogP contribution < -0.4 is 0 Å². The molecular formula is C22H32N2S2. The first-order valence-corrected chi connectivity index (χ1v) is 11.9. The number of hydrogen-bond donors (Lipinski definition) is 0. The van der Waals surface area contributed by atoms with Crippen LogP contribution in [-0.2, 0) is 19.4 Å². The number of thioether (sulfide) groups is 2. The summed E-state index contributed by atoms with van der Waals surface area (Å²) in [6, 6.07) is 9.33. The van der Waals surface area contributed by atoms with E-state index in [1.54, 1.807) is 0 Å². The Hall–Kier alpha value is -0.870. The molecule has 1 aliphatic heterocycles. The van der Waals surface area contributed by atoms with Gasteiger partial charge in [-0.25, -0.2) is 4.98 Å². The molecule has 2 heterocycles. The second-order valence-corrected chi connectivity index (χ2v) is 10.7. The van der Waals surface area contributed by atoms with Gasteiger partial charge in [-0.2, -0.15) is 0 Å². The third-order valence-corrected chi connectivity index (χ3v) is 8.82. The first-order chi connectivity index (χ1) is 12.7. The number of rotatable bonds is 9. The minimum atomic E-state index is 0.300. The van der Waals surface area contributed by atoms with Crippen LogP contribution in [0.5, 0.6) is 0 Å². The van der Waals surface area contributed by atoms with Crippen LogP contribution in [0.4, 0.5) is 0 Å². The molecule has 1 aromatic heterocycles. The highest BCUT2D eigenvalue weighted by Gasteiger charge is 2.37. The molecule has 2 atom stereocenters. The molecule has 2 nitrogen and oxygen atoms in total. The summed E-state index contributed by atoms with van der Waals surface area (Å²) in [6.45, 7) is 5.60. The van der Waals surface area contributed by atoms with Gasteiger partial charge in [-0.15, -0.1) is 23.5 Å². The lowest BCUT2D eigenvalue weighted by Crippen LogP contribution is -2.33. The fourth-order valence-corrected chi connectivity index (χ4v) is 7.59. The molecule has 0 saturated carbocycles. The molecule has 1 aromatic carbocycles. The third kappa shape index (κ3) is 5.56. The normalized spacial score (nSPS) is 23.2. The van der Waals surface area contributed by atoms with Crippen LogP contribution in [0.25, 0.3) is 0 Å². The van der Waals surface area contributed by atoms with E-state index in [-0.39, 0.29) is 0 Å². The molecule has 1 aliphatic rings. The minimum absolute atomic E-state index is 0.300. The van der Waals surface area contributed by atoms with E-state index in [0.717, 1.165) is 18.2 Å². The molecule has 3 rings (SSSR count). The molecular weight excluding hydrogens is 356 g/mol. The Kier molecular flexibility index (Phi) is 7.56. The van der Waals surface area contributed by atoms with Gasteiger partial charge in [-0.05, 0) is 49.0 Å². The van der Waals surface area contributed by atoms with Crippen molar-refractivity contribution in [1.82, 2.24) is 9.55 Å². The van der Waals surface area contributed by atoms with Gasteiger partial charge in [0, 0.05) is 24.2 Å². The van der Waals surface area contributed by atoms with E-state index < -0.39 is 0 Å². The van der Waals surface area contributed by atoms with Gasteiger partial charge in [0.25, 0.3) is 0 Å². The first kappa shape index (κ1) is 19.9. The Morgan fingerprint density at radius 1 is 1.19 bits per heavy atom. The first-order valence-electron chi connectivity index (χ1n) is 10.1. The fourth-order valence-electron chi connectivity index (χ4n) is 3.64. The summed E-state index contributed by atoms with van der Waals surface area (Å²) in [4.78, 5) is 4.22. The molecule has 4 heteroatoms. The van der Waals surface area contributed by atoms with Crippen LogP contribution in [0.2, 0.25) is 0 Å². The van der Waals surface area contributed by atoms with Crippen LogP contribution >= 0.6 is 23.5 Å². The van der Waals surface area contributed by atoms with Gasteiger partial charge in [-0.1, -0.05) is 51.0 Å². The summed E-state index contributed by atoms with van der Waals surface area (Å²) in [5.41, 5.74) is 2.93. The molecule has 1 saturated heterocycles. The van der Waals surface area contributed by atoms with E-state index in [1.165, 1.54) is 55.4 Å². The van der Waals surface area contributed by atoms with Gasteiger partial charge in [0.05, 0.1) is 10.4 Å². The molecule has 142 valence electrons. The maximum atomic E-state index is 4.22. The van der Waals surface area contributed by atoms with Gasteiger partial charge < -0.3 is 4.57 Å². The largest absolute Gasteiger partial charge is 0.337 e. The monoisotopic (exact) mass is 388 g/mol. The van der Waals surface area contributed by atoms with Crippen molar-refractivity contribution >= 4 is 23.5 Å². The second kappa shape index (κ2) is 9.89. The zero-order valence-corrected chi connectivity index (χ0v) is 17.8. The van der Waals surface area contributed by atoms with Crippen molar-refractivity contribution in [3.8, 4) is 0 Å². The number of hydrogen-bond acceptors (Lipinski definition) is 3. The van der Waals surface area contributed by atoms with E-state index in [4.69, 9.17) is 0 Å². The molecule has 0 spiro atoms. The highest BCUT2D eigenvalue weighted by Crippen LogP contribution is 2.51. The summed E-state index contributed by atoms with van der Waals surface area (Å²) < 4.78 is 2.54. The summed E-state index contributed by atoms with van der Waals surface area (Å²) in [6.07, 6.45) is 14.9. The van der Waals surface area contributed by atoms with Gasteiger partial charge in [0.15, 0.2) is 0 Å². The Labute approximate surface area is 167 Å². The Morgan fingerprint density at radius 3 is 2.69 bits per heavy atom. The van der Waals surface area contributed by atoms with Crippen LogP contribution in [0.3, 0.4) is 0 Å². The van der Waals surface area contributed by atoms with Crippen LogP contribution in [0.1, 0.15) is 57.1 Å². The average Bonchev–Trinajstić information content (AvgIpc) is 3.19. The van der Waals surface area contributed by atoms with Gasteiger partial charge in [-0.3, -0.25) is 0 Å². The maximum absolute atomic E-state index is 4.22. The number of aromatic nitrogens is 2. The van der Waals surface area contributed by atoms with Crippen molar-refractivity contribution in [3.63, 3.8) is 0 Å². The molecule has 0 N–H and O–H groups in total. The average molecular weight is 389 g/mol. The van der Waals surface area contributed by atoms with Crippen molar-refractivity contribution in [2.75, 3.05) is 5.75 Å². The summed E-state index contributed by atoms with van der Waals surface area (Å²) in [7, 11) is 0. The van der Waals surface area contributed by atoms with Gasteiger partial charge in [0.2, 0.25) is 0 Å². The third-order valence-electron chi connectivity index (χ3n) is 5.28. The van der Waals surface area contributed by atoms with Crippen LogP contribution in [0, 0.1) is 0 Å². The SMILES string of the molecule is CCCCC1CCSC(CCn2ccnc2)(Cc2ccc(CC)cc2)S1. The Morgan fingerprint density at radius 2 is 2.00 bits per heavy atom. The van der Waals surface area contributed by atoms with Crippen molar-refractivity contribution in [2.45, 2.75) is 74.7 Å². The fraction of sp³-hybridized carbons (Fsp3) is 0.591. The van der Waals surface area contributed by atoms with E-state index in [1.807, 2.05) is 12.5 Å². The number of unbranched alkanes of at least 4 members (excludes halogenated alkanes) is 1. The van der Waals surface area contributed by atoms with Crippen molar-refractivity contribution < 1.29 is 0 Å². The molecule has 2 aromatic rings. The van der Waals surface area contributed by atoms with Crippen molar-refractivity contribution in [3.05, 3.63) is 54.1 Å². The van der Waals surface area contributed by atoms with Crippen LogP contribution in [0.15, 0.2) is 43.0 Å². The predicted octanol–water partition coefficient (Wildman–Crippen LogP) is 6.20. The molecule has 0 aliphatic carbocycles. The van der Waals surface area contributed by atoms with Crippen LogP contribution in [-0.4, -0.2) is 24.6 Å². The highest BCUT2D eigenvalue weighted by atomic mass is 32.2. The quantitative estimate of drug-likeness (QED) is 0.509. The molecule has 0 bridgehead atoms. The number of nitrogens with zero attached hydrogens (tertiary/aromatic N) is 2. The molecule has 0 radical (unpaired) electrons. The van der Waals surface area contributed by atoms with Gasteiger partial charge in [0.1, 0.15) is 0 Å². The number of benzene rings is 1. The van der Waals surface area contributed by atoms with Crippen molar-refractivity contribution in [2.24, 2.45) is 0 Å². The van der Waals surface area contributed by atoms with Crippen molar-refractivity contribution in [1.29, 1.82) is 0 Å². The van der Waals surface area contributed by atoms with E-state index in [0.29, 0.717) is 4.08 Å². The minimum Gasteiger partial charge on any atom is -0.337 e. The Balaban J connectivity index is 1.73. The van der Waals surface area contributed by atoms with E-state index >= 15 is 0 Å². The smallest absolute Gasteiger partial charge is 0.0945 e. The standard InChI is InChI=1S/C22H32N2S2/c1-3-5-6-21-11-16-25-22(26-21,12-14-24-15-13-23-18-24)17-20-9-7-19(4-2)8-10-20/h7-10,13,15,18,21H,3-6,11-12,14,16-17H2,1-2H3. The summed E-state index contributed by atoms with van der Waals surface area (Å²) in [5, 5.41) is 0.828. The topological polar surface area (TPSA) is 17.8 Å². The lowest BCUT2D eigenvalue weighted by Gasteiger charge is -2.40. The second-order valence-electron chi connectivity index (χ2n) is 7.33. The molecule has 2 unspecified atom stereocenters. The molecule has 0 amide bonds. The Bertz CT molecular complexity index is 639. The molecule has 26 heavy (non-hydrogen) atoms. The zero-order valence-electron chi connectivity index (χ0n) is 16.2. The predicted molar refractivity (Wildman–Crippen MR) is 117 cm³/mol. The number of aryl methyl sites for hydroxylation is 2. The lowest BCUT2D eigenvalue weighted by atomic mass is 10.0. The van der Waals surface area contributed by atoms with Gasteiger partial charge >= 0.3 is 0 Å². The number of imidazole rings is 1.